The van der Waals surface area contributed by atoms with Crippen molar-refractivity contribution in [2.45, 2.75) is 31.6 Å². The lowest BCUT2D eigenvalue weighted by atomic mass is 9.96. The highest BCUT2D eigenvalue weighted by molar-refractivity contribution is 5.82. The van der Waals surface area contributed by atoms with Gasteiger partial charge in [0.25, 0.3) is 0 Å². The van der Waals surface area contributed by atoms with Crippen LogP contribution in [0.15, 0.2) is 36.7 Å². The number of hydrogen-bond acceptors (Lipinski definition) is 1. The second-order valence-electron chi connectivity index (χ2n) is 4.46. The molecule has 1 aromatic heterocycles. The highest BCUT2D eigenvalue weighted by Crippen LogP contribution is 2.34. The van der Waals surface area contributed by atoms with E-state index in [9.17, 15) is 0 Å². The molecule has 15 heavy (non-hydrogen) atoms. The zero-order valence-electron chi connectivity index (χ0n) is 8.82. The fraction of sp³-hybridized carbons (Fsp3) is 0.357. The lowest BCUT2D eigenvalue weighted by molar-refractivity contribution is 0.724. The number of hydrogen-bond donors (Lipinski definition) is 0. The molecule has 1 saturated carbocycles. The molecule has 3 rings (SSSR count). The second kappa shape index (κ2) is 3.65. The molecule has 2 aromatic rings. The summed E-state index contributed by atoms with van der Waals surface area (Å²) >= 11 is 0. The average Bonchev–Trinajstić information content (AvgIpc) is 2.82. The van der Waals surface area contributed by atoms with E-state index in [4.69, 9.17) is 0 Å². The van der Waals surface area contributed by atoms with Crippen LogP contribution in [0.5, 0.6) is 0 Å². The van der Waals surface area contributed by atoms with Gasteiger partial charge in [-0.05, 0) is 41.8 Å². The van der Waals surface area contributed by atoms with Crippen LogP contribution in [0.3, 0.4) is 0 Å². The maximum Gasteiger partial charge on any atom is 0.0346 e. The molecule has 0 bridgehead atoms. The summed E-state index contributed by atoms with van der Waals surface area (Å²) in [5.74, 6) is 0.801. The normalized spacial score (nSPS) is 17.3. The van der Waals surface area contributed by atoms with Gasteiger partial charge in [0.1, 0.15) is 0 Å². The van der Waals surface area contributed by atoms with E-state index in [1.807, 2.05) is 12.4 Å². The lowest BCUT2D eigenvalue weighted by Gasteiger charge is -2.09. The minimum Gasteiger partial charge on any atom is -0.264 e. The van der Waals surface area contributed by atoms with Gasteiger partial charge in [-0.15, -0.1) is 0 Å². The van der Waals surface area contributed by atoms with Gasteiger partial charge in [0.2, 0.25) is 0 Å². The molecule has 0 aliphatic heterocycles. The maximum atomic E-state index is 4.18. The number of aromatic nitrogens is 1. The van der Waals surface area contributed by atoms with Crippen molar-refractivity contribution in [3.05, 3.63) is 42.2 Å². The molecule has 1 fully saturated rings. The Morgan fingerprint density at radius 3 is 2.73 bits per heavy atom. The summed E-state index contributed by atoms with van der Waals surface area (Å²) in [6, 6.07) is 8.91. The predicted octanol–water partition coefficient (Wildman–Crippen LogP) is 3.89. The number of benzene rings is 1. The second-order valence-corrected chi connectivity index (χ2v) is 4.46. The van der Waals surface area contributed by atoms with Crippen LogP contribution in [0.1, 0.15) is 37.2 Å². The number of pyridine rings is 1. The third-order valence-electron chi connectivity index (χ3n) is 3.49. The summed E-state index contributed by atoms with van der Waals surface area (Å²) in [7, 11) is 0. The summed E-state index contributed by atoms with van der Waals surface area (Å²) in [4.78, 5) is 4.18. The topological polar surface area (TPSA) is 12.9 Å². The number of nitrogens with zero attached hydrogens (tertiary/aromatic N) is 1. The molecule has 0 spiro atoms. The minimum absolute atomic E-state index is 0.801. The summed E-state index contributed by atoms with van der Waals surface area (Å²) in [5.41, 5.74) is 1.51. The molecule has 1 aliphatic rings. The van der Waals surface area contributed by atoms with E-state index in [-0.39, 0.29) is 0 Å². The zero-order chi connectivity index (χ0) is 10.1. The van der Waals surface area contributed by atoms with Crippen LogP contribution in [0, 0.1) is 0 Å². The lowest BCUT2D eigenvalue weighted by Crippen LogP contribution is -1.91. The van der Waals surface area contributed by atoms with E-state index in [1.54, 1.807) is 0 Å². The van der Waals surface area contributed by atoms with Gasteiger partial charge in [-0.25, -0.2) is 0 Å². The molecule has 1 aliphatic carbocycles. The van der Waals surface area contributed by atoms with Crippen LogP contribution >= 0.6 is 0 Å². The Hall–Kier alpha value is -1.37. The molecule has 1 heterocycles. The van der Waals surface area contributed by atoms with Crippen molar-refractivity contribution >= 4 is 10.8 Å². The Bertz CT molecular complexity index is 469. The fourth-order valence-electron chi connectivity index (χ4n) is 2.62. The van der Waals surface area contributed by atoms with E-state index in [2.05, 4.69) is 29.2 Å². The standard InChI is InChI=1S/C14H15N/c1-2-4-11(3-1)13-6-5-12-7-8-15-10-14(12)9-13/h5-11H,1-4H2. The first-order valence-electron chi connectivity index (χ1n) is 5.77. The van der Waals surface area contributed by atoms with Crippen LogP contribution in [-0.2, 0) is 0 Å². The Kier molecular flexibility index (Phi) is 2.17. The van der Waals surface area contributed by atoms with Gasteiger partial charge >= 0.3 is 0 Å². The number of fused-ring (bicyclic) bond motifs is 1. The Morgan fingerprint density at radius 2 is 1.87 bits per heavy atom. The van der Waals surface area contributed by atoms with Gasteiger partial charge in [0, 0.05) is 17.8 Å². The molecule has 0 saturated heterocycles. The van der Waals surface area contributed by atoms with Crippen LogP contribution < -0.4 is 0 Å². The predicted molar refractivity (Wildman–Crippen MR) is 63.0 cm³/mol. The average molecular weight is 197 g/mol. The Labute approximate surface area is 90.2 Å². The van der Waals surface area contributed by atoms with E-state index in [1.165, 1.54) is 42.0 Å². The first-order chi connectivity index (χ1) is 7.43. The summed E-state index contributed by atoms with van der Waals surface area (Å²) in [6.45, 7) is 0. The zero-order valence-corrected chi connectivity index (χ0v) is 8.82. The minimum atomic E-state index is 0.801. The fourth-order valence-corrected chi connectivity index (χ4v) is 2.62. The molecule has 0 radical (unpaired) electrons. The van der Waals surface area contributed by atoms with E-state index in [0.717, 1.165) is 5.92 Å². The molecule has 0 N–H and O–H groups in total. The largest absolute Gasteiger partial charge is 0.264 e. The van der Waals surface area contributed by atoms with Gasteiger partial charge in [-0.2, -0.15) is 0 Å². The van der Waals surface area contributed by atoms with Crippen molar-refractivity contribution in [3.63, 3.8) is 0 Å². The highest BCUT2D eigenvalue weighted by Gasteiger charge is 2.16. The van der Waals surface area contributed by atoms with E-state index < -0.39 is 0 Å². The SMILES string of the molecule is c1cc2ccc(C3CCCC3)cc2cn1. The highest BCUT2D eigenvalue weighted by atomic mass is 14.6. The van der Waals surface area contributed by atoms with Gasteiger partial charge < -0.3 is 0 Å². The van der Waals surface area contributed by atoms with Crippen molar-refractivity contribution in [1.29, 1.82) is 0 Å². The van der Waals surface area contributed by atoms with Gasteiger partial charge in [-0.3, -0.25) is 4.98 Å². The van der Waals surface area contributed by atoms with Crippen molar-refractivity contribution in [1.82, 2.24) is 4.98 Å². The smallest absolute Gasteiger partial charge is 0.0346 e. The van der Waals surface area contributed by atoms with Gasteiger partial charge in [-0.1, -0.05) is 25.0 Å². The summed E-state index contributed by atoms with van der Waals surface area (Å²) in [5, 5.41) is 2.58. The first-order valence-corrected chi connectivity index (χ1v) is 5.77. The Morgan fingerprint density at radius 1 is 1.00 bits per heavy atom. The van der Waals surface area contributed by atoms with Gasteiger partial charge in [0.15, 0.2) is 0 Å². The van der Waals surface area contributed by atoms with Crippen molar-refractivity contribution in [3.8, 4) is 0 Å². The quantitative estimate of drug-likeness (QED) is 0.675. The third kappa shape index (κ3) is 1.63. The molecule has 76 valence electrons. The van der Waals surface area contributed by atoms with E-state index in [0.29, 0.717) is 0 Å². The van der Waals surface area contributed by atoms with E-state index >= 15 is 0 Å². The number of rotatable bonds is 1. The van der Waals surface area contributed by atoms with Crippen LogP contribution in [0.2, 0.25) is 0 Å². The van der Waals surface area contributed by atoms with Crippen molar-refractivity contribution in [2.75, 3.05) is 0 Å². The summed E-state index contributed by atoms with van der Waals surface area (Å²) < 4.78 is 0. The Balaban J connectivity index is 2.05. The van der Waals surface area contributed by atoms with Crippen molar-refractivity contribution in [2.24, 2.45) is 0 Å². The molecule has 0 unspecified atom stereocenters. The monoisotopic (exact) mass is 197 g/mol. The molecule has 1 heteroatoms. The third-order valence-corrected chi connectivity index (χ3v) is 3.49. The van der Waals surface area contributed by atoms with Crippen LogP contribution in [0.25, 0.3) is 10.8 Å². The first kappa shape index (κ1) is 8.90. The van der Waals surface area contributed by atoms with Gasteiger partial charge in [0.05, 0.1) is 0 Å². The molecular formula is C14H15N. The molecular weight excluding hydrogens is 182 g/mol. The molecule has 0 amide bonds. The molecule has 1 nitrogen and oxygen atoms in total. The van der Waals surface area contributed by atoms with Crippen molar-refractivity contribution < 1.29 is 0 Å². The molecule has 1 aromatic carbocycles. The van der Waals surface area contributed by atoms with Crippen LogP contribution in [0.4, 0.5) is 0 Å². The molecule has 0 atom stereocenters. The summed E-state index contributed by atoms with van der Waals surface area (Å²) in [6.07, 6.45) is 9.36. The maximum absolute atomic E-state index is 4.18. The van der Waals surface area contributed by atoms with Crippen LogP contribution in [-0.4, -0.2) is 4.98 Å².